The number of anilines is 1. The van der Waals surface area contributed by atoms with Crippen LogP contribution in [0.2, 0.25) is 5.02 Å². The van der Waals surface area contributed by atoms with Gasteiger partial charge < -0.3 is 10.1 Å². The summed E-state index contributed by atoms with van der Waals surface area (Å²) in [5.41, 5.74) is 1.99. The lowest BCUT2D eigenvalue weighted by Crippen LogP contribution is -2.17. The number of rotatable bonds is 7. The number of carbonyl (C=O) groups excluding carboxylic acids is 2. The molecule has 0 aliphatic rings. The fraction of sp³-hybridized carbons (Fsp3) is 0.238. The number of aromatic nitrogens is 6. The van der Waals surface area contributed by atoms with Gasteiger partial charge in [0.15, 0.2) is 11.5 Å². The Kier molecular flexibility index (Phi) is 6.13. The number of nitrogens with zero attached hydrogens (tertiary/aromatic N) is 6. The molecular weight excluding hydrogens is 434 g/mol. The van der Waals surface area contributed by atoms with Crippen molar-refractivity contribution in [2.45, 2.75) is 26.7 Å². The molecular formula is C21H20ClN7O3. The maximum atomic E-state index is 12.4. The van der Waals surface area contributed by atoms with E-state index in [0.29, 0.717) is 33.4 Å². The minimum Gasteiger partial charge on any atom is -0.466 e. The van der Waals surface area contributed by atoms with E-state index in [1.165, 1.54) is 11.0 Å². The Morgan fingerprint density at radius 3 is 2.78 bits per heavy atom. The Bertz CT molecular complexity index is 1300. The van der Waals surface area contributed by atoms with Crippen LogP contribution in [0.5, 0.6) is 0 Å². The molecule has 0 atom stereocenters. The third kappa shape index (κ3) is 4.45. The number of ether oxygens (including phenoxy) is 1. The van der Waals surface area contributed by atoms with Gasteiger partial charge in [-0.15, -0.1) is 0 Å². The summed E-state index contributed by atoms with van der Waals surface area (Å²) in [6, 6.07) is 8.97. The van der Waals surface area contributed by atoms with Crippen LogP contribution >= 0.6 is 11.6 Å². The molecule has 4 aromatic rings. The van der Waals surface area contributed by atoms with Gasteiger partial charge >= 0.3 is 5.97 Å². The highest BCUT2D eigenvalue weighted by Crippen LogP contribution is 2.25. The van der Waals surface area contributed by atoms with Gasteiger partial charge in [0.25, 0.3) is 0 Å². The summed E-state index contributed by atoms with van der Waals surface area (Å²) < 4.78 is 8.04. The Hall–Kier alpha value is -3.79. The number of hydrogen-bond acceptors (Lipinski definition) is 7. The van der Waals surface area contributed by atoms with E-state index in [4.69, 9.17) is 16.3 Å². The first kappa shape index (κ1) is 21.4. The standard InChI is InChI=1S/C21H20ClN7O3/c1-3-32-19(31)8-7-18(30)26-17-9-13(2)27-29(17)21-16-11-25-28(20(16)23-12-24-21)15-6-4-5-14(22)10-15/h4-6,9-12H,3,7-8H2,1-2H3,(H,26,30). The number of esters is 1. The largest absolute Gasteiger partial charge is 0.466 e. The van der Waals surface area contributed by atoms with E-state index in [1.54, 1.807) is 42.9 Å². The molecule has 32 heavy (non-hydrogen) atoms. The predicted octanol–water partition coefficient (Wildman–Crippen LogP) is 3.24. The van der Waals surface area contributed by atoms with Crippen molar-refractivity contribution in [1.29, 1.82) is 0 Å². The van der Waals surface area contributed by atoms with E-state index in [2.05, 4.69) is 25.5 Å². The number of amides is 1. The Morgan fingerprint density at radius 2 is 2.00 bits per heavy atom. The minimum atomic E-state index is -0.418. The summed E-state index contributed by atoms with van der Waals surface area (Å²) in [4.78, 5) is 32.6. The number of fused-ring (bicyclic) bond motifs is 1. The Morgan fingerprint density at radius 1 is 1.16 bits per heavy atom. The van der Waals surface area contributed by atoms with Crippen LogP contribution in [-0.4, -0.2) is 48.0 Å². The second-order valence-electron chi connectivity index (χ2n) is 6.91. The quantitative estimate of drug-likeness (QED) is 0.427. The van der Waals surface area contributed by atoms with Crippen molar-refractivity contribution in [1.82, 2.24) is 29.5 Å². The molecule has 0 radical (unpaired) electrons. The molecule has 1 amide bonds. The molecule has 4 rings (SSSR count). The van der Waals surface area contributed by atoms with Gasteiger partial charge in [-0.2, -0.15) is 14.9 Å². The maximum Gasteiger partial charge on any atom is 0.306 e. The zero-order chi connectivity index (χ0) is 22.7. The molecule has 11 heteroatoms. The van der Waals surface area contributed by atoms with Crippen molar-refractivity contribution in [2.75, 3.05) is 11.9 Å². The summed E-state index contributed by atoms with van der Waals surface area (Å²) in [6.07, 6.45) is 3.03. The van der Waals surface area contributed by atoms with Crippen molar-refractivity contribution in [2.24, 2.45) is 0 Å². The SMILES string of the molecule is CCOC(=O)CCC(=O)Nc1cc(C)nn1-c1ncnc2c1cnn2-c1cccc(Cl)c1. The topological polar surface area (TPSA) is 117 Å². The molecule has 0 saturated carbocycles. The third-order valence-corrected chi connectivity index (χ3v) is 4.79. The van der Waals surface area contributed by atoms with E-state index in [-0.39, 0.29) is 25.4 Å². The van der Waals surface area contributed by atoms with E-state index >= 15 is 0 Å². The van der Waals surface area contributed by atoms with Crippen molar-refractivity contribution >= 4 is 40.3 Å². The van der Waals surface area contributed by atoms with Gasteiger partial charge in [-0.25, -0.2) is 14.6 Å². The zero-order valence-electron chi connectivity index (χ0n) is 17.4. The van der Waals surface area contributed by atoms with Crippen LogP contribution in [0.4, 0.5) is 5.82 Å². The molecule has 0 bridgehead atoms. The summed E-state index contributed by atoms with van der Waals surface area (Å²) in [5.74, 6) is 0.126. The third-order valence-electron chi connectivity index (χ3n) is 4.56. The molecule has 0 saturated heterocycles. The average molecular weight is 454 g/mol. The van der Waals surface area contributed by atoms with E-state index < -0.39 is 5.97 Å². The van der Waals surface area contributed by atoms with Gasteiger partial charge in [-0.05, 0) is 32.0 Å². The molecule has 0 unspecified atom stereocenters. The molecule has 10 nitrogen and oxygen atoms in total. The Labute approximate surface area is 188 Å². The van der Waals surface area contributed by atoms with Gasteiger partial charge in [0.1, 0.15) is 12.1 Å². The van der Waals surface area contributed by atoms with Crippen molar-refractivity contribution in [3.8, 4) is 11.5 Å². The summed E-state index contributed by atoms with van der Waals surface area (Å²) in [6.45, 7) is 3.80. The molecule has 0 fully saturated rings. The smallest absolute Gasteiger partial charge is 0.306 e. The van der Waals surface area contributed by atoms with Crippen LogP contribution in [0.15, 0.2) is 42.9 Å². The van der Waals surface area contributed by atoms with E-state index in [0.717, 1.165) is 5.69 Å². The fourth-order valence-corrected chi connectivity index (χ4v) is 3.39. The van der Waals surface area contributed by atoms with Crippen LogP contribution in [0.25, 0.3) is 22.5 Å². The molecule has 0 aliphatic carbocycles. The van der Waals surface area contributed by atoms with Crippen molar-refractivity contribution in [3.63, 3.8) is 0 Å². The first-order valence-corrected chi connectivity index (χ1v) is 10.3. The monoisotopic (exact) mass is 453 g/mol. The van der Waals surface area contributed by atoms with Gasteiger partial charge in [-0.3, -0.25) is 9.59 Å². The average Bonchev–Trinajstić information content (AvgIpc) is 3.35. The van der Waals surface area contributed by atoms with Crippen LogP contribution < -0.4 is 5.32 Å². The molecule has 3 aromatic heterocycles. The lowest BCUT2D eigenvalue weighted by Gasteiger charge is -2.09. The second-order valence-corrected chi connectivity index (χ2v) is 7.34. The number of benzene rings is 1. The highest BCUT2D eigenvalue weighted by atomic mass is 35.5. The van der Waals surface area contributed by atoms with Crippen molar-refractivity contribution in [3.05, 3.63) is 53.6 Å². The molecule has 1 aromatic carbocycles. The molecule has 0 spiro atoms. The fourth-order valence-electron chi connectivity index (χ4n) is 3.20. The lowest BCUT2D eigenvalue weighted by molar-refractivity contribution is -0.144. The zero-order valence-corrected chi connectivity index (χ0v) is 18.2. The summed E-state index contributed by atoms with van der Waals surface area (Å²) >= 11 is 6.12. The van der Waals surface area contributed by atoms with E-state index in [9.17, 15) is 9.59 Å². The van der Waals surface area contributed by atoms with Crippen LogP contribution in [0, 0.1) is 6.92 Å². The molecule has 1 N–H and O–H groups in total. The number of halogens is 1. The van der Waals surface area contributed by atoms with Crippen molar-refractivity contribution < 1.29 is 14.3 Å². The van der Waals surface area contributed by atoms with E-state index in [1.807, 2.05) is 12.1 Å². The number of nitrogens with one attached hydrogen (secondary N) is 1. The van der Waals surface area contributed by atoms with Crippen LogP contribution in [0.3, 0.4) is 0 Å². The van der Waals surface area contributed by atoms with Gasteiger partial charge in [0.05, 0.1) is 36.0 Å². The highest BCUT2D eigenvalue weighted by Gasteiger charge is 2.18. The predicted molar refractivity (Wildman–Crippen MR) is 118 cm³/mol. The molecule has 164 valence electrons. The van der Waals surface area contributed by atoms with Crippen LogP contribution in [-0.2, 0) is 14.3 Å². The second kappa shape index (κ2) is 9.15. The first-order chi connectivity index (χ1) is 15.5. The number of aryl methyl sites for hydroxylation is 1. The highest BCUT2D eigenvalue weighted by molar-refractivity contribution is 6.30. The van der Waals surface area contributed by atoms with Gasteiger partial charge in [0, 0.05) is 17.5 Å². The minimum absolute atomic E-state index is 0.00303. The first-order valence-electron chi connectivity index (χ1n) is 9.93. The number of carbonyl (C=O) groups is 2. The lowest BCUT2D eigenvalue weighted by atomic mass is 10.3. The maximum absolute atomic E-state index is 12.4. The van der Waals surface area contributed by atoms with Gasteiger partial charge in [-0.1, -0.05) is 17.7 Å². The Balaban J connectivity index is 1.65. The normalized spacial score (nSPS) is 11.0. The summed E-state index contributed by atoms with van der Waals surface area (Å²) in [5, 5.41) is 12.9. The molecule has 3 heterocycles. The van der Waals surface area contributed by atoms with Gasteiger partial charge in [0.2, 0.25) is 5.91 Å². The number of hydrogen-bond donors (Lipinski definition) is 1. The molecule has 0 aliphatic heterocycles. The summed E-state index contributed by atoms with van der Waals surface area (Å²) in [7, 11) is 0. The van der Waals surface area contributed by atoms with Crippen LogP contribution in [0.1, 0.15) is 25.5 Å².